The van der Waals surface area contributed by atoms with Crippen molar-refractivity contribution in [2.45, 2.75) is 43.1 Å². The van der Waals surface area contributed by atoms with E-state index < -0.39 is 9.84 Å². The zero-order chi connectivity index (χ0) is 15.0. The highest BCUT2D eigenvalue weighted by Crippen LogP contribution is 2.42. The van der Waals surface area contributed by atoms with E-state index in [1.54, 1.807) is 12.1 Å². The third-order valence-corrected chi connectivity index (χ3v) is 7.35. The Morgan fingerprint density at radius 2 is 1.90 bits per heavy atom. The number of carbonyl (C=O) groups is 1. The number of fused-ring (bicyclic) bond motifs is 2. The fourth-order valence-corrected chi connectivity index (χ4v) is 6.04. The van der Waals surface area contributed by atoms with Crippen molar-refractivity contribution in [3.63, 3.8) is 0 Å². The third-order valence-electron chi connectivity index (χ3n) is 4.64. The summed E-state index contributed by atoms with van der Waals surface area (Å²) in [5, 5.41) is -0.611. The van der Waals surface area contributed by atoms with Gasteiger partial charge in [-0.05, 0) is 44.7 Å². The molecule has 0 radical (unpaired) electrons. The normalized spacial score (nSPS) is 30.0. The summed E-state index contributed by atoms with van der Waals surface area (Å²) in [4.78, 5) is 12.6. The van der Waals surface area contributed by atoms with Crippen LogP contribution in [0.2, 0.25) is 0 Å². The second kappa shape index (κ2) is 5.44. The number of ketones is 1. The maximum Gasteiger partial charge on any atom is 0.166 e. The Morgan fingerprint density at radius 3 is 2.52 bits per heavy atom. The van der Waals surface area contributed by atoms with Crippen LogP contribution in [-0.2, 0) is 9.84 Å². The number of carbonyl (C=O) groups excluding carboxylic acids is 1. The molecule has 0 amide bonds. The summed E-state index contributed by atoms with van der Waals surface area (Å²) >= 11 is 0. The van der Waals surface area contributed by atoms with Gasteiger partial charge in [0.25, 0.3) is 0 Å². The molecule has 114 valence electrons. The summed E-state index contributed by atoms with van der Waals surface area (Å²) in [5.74, 6) is 0.584. The van der Waals surface area contributed by atoms with E-state index in [2.05, 4.69) is 0 Å². The Morgan fingerprint density at radius 1 is 1.24 bits per heavy atom. The van der Waals surface area contributed by atoms with Crippen LogP contribution in [0.1, 0.15) is 43.0 Å². The first-order valence-corrected chi connectivity index (χ1v) is 9.13. The van der Waals surface area contributed by atoms with Crippen LogP contribution >= 0.6 is 0 Å². The molecule has 4 nitrogen and oxygen atoms in total. The maximum absolute atomic E-state index is 12.6. The standard InChI is InChI=1S/C16H20O4S/c1-2-20-13-5-3-4-11(8-13)16(17)12-9-14-6-7-15(10-12)21(14,18)19/h3-5,8,12,14-15H,2,6-7,9-10H2,1H3. The van der Waals surface area contributed by atoms with E-state index in [4.69, 9.17) is 4.74 Å². The highest BCUT2D eigenvalue weighted by atomic mass is 32.2. The fraction of sp³-hybridized carbons (Fsp3) is 0.562. The lowest BCUT2D eigenvalue weighted by atomic mass is 9.90. The predicted octanol–water partition coefficient (Wildman–Crippen LogP) is 2.62. The number of rotatable bonds is 4. The van der Waals surface area contributed by atoms with Crippen LogP contribution in [0.3, 0.4) is 0 Å². The minimum absolute atomic E-state index is 0.0587. The van der Waals surface area contributed by atoms with Gasteiger partial charge in [0.05, 0.1) is 17.1 Å². The zero-order valence-corrected chi connectivity index (χ0v) is 12.9. The van der Waals surface area contributed by atoms with Crippen LogP contribution in [0.4, 0.5) is 0 Å². The van der Waals surface area contributed by atoms with Crippen LogP contribution in [0.5, 0.6) is 5.75 Å². The smallest absolute Gasteiger partial charge is 0.166 e. The Bertz CT molecular complexity index is 630. The molecule has 0 saturated carbocycles. The highest BCUT2D eigenvalue weighted by Gasteiger charge is 2.48. The van der Waals surface area contributed by atoms with Gasteiger partial charge >= 0.3 is 0 Å². The second-order valence-corrected chi connectivity index (χ2v) is 8.42. The van der Waals surface area contributed by atoms with Crippen molar-refractivity contribution < 1.29 is 17.9 Å². The number of hydrogen-bond donors (Lipinski definition) is 0. The van der Waals surface area contributed by atoms with E-state index in [1.807, 2.05) is 19.1 Å². The molecular formula is C16H20O4S. The van der Waals surface area contributed by atoms with Gasteiger partial charge < -0.3 is 4.74 Å². The quantitative estimate of drug-likeness (QED) is 0.802. The van der Waals surface area contributed by atoms with Gasteiger partial charge in [0.1, 0.15) is 5.75 Å². The molecule has 0 aromatic heterocycles. The van der Waals surface area contributed by atoms with Crippen LogP contribution < -0.4 is 4.74 Å². The molecule has 0 aliphatic carbocycles. The van der Waals surface area contributed by atoms with Crippen molar-refractivity contribution in [3.8, 4) is 5.75 Å². The number of sulfone groups is 1. The minimum Gasteiger partial charge on any atom is -0.494 e. The third kappa shape index (κ3) is 2.59. The largest absolute Gasteiger partial charge is 0.494 e. The van der Waals surface area contributed by atoms with Crippen LogP contribution in [0.15, 0.2) is 24.3 Å². The van der Waals surface area contributed by atoms with Gasteiger partial charge in [-0.15, -0.1) is 0 Å². The first kappa shape index (κ1) is 14.6. The SMILES string of the molecule is CCOc1cccc(C(=O)C2CC3CCC(C2)S3(=O)=O)c1. The zero-order valence-electron chi connectivity index (χ0n) is 12.1. The van der Waals surface area contributed by atoms with Crippen molar-refractivity contribution in [3.05, 3.63) is 29.8 Å². The molecule has 0 spiro atoms. The van der Waals surface area contributed by atoms with Crippen LogP contribution in [0, 0.1) is 5.92 Å². The summed E-state index contributed by atoms with van der Waals surface area (Å²) in [7, 11) is -2.97. The molecule has 1 aromatic carbocycles. The number of benzene rings is 1. The van der Waals surface area contributed by atoms with E-state index >= 15 is 0 Å². The monoisotopic (exact) mass is 308 g/mol. The van der Waals surface area contributed by atoms with Gasteiger partial charge in [-0.25, -0.2) is 8.42 Å². The molecule has 2 aliphatic rings. The van der Waals surface area contributed by atoms with Gasteiger partial charge in [-0.1, -0.05) is 12.1 Å². The number of ether oxygens (including phenoxy) is 1. The Labute approximate surface area is 125 Å². The number of Topliss-reactive ketones (excluding diaryl/α,β-unsaturated/α-hetero) is 1. The molecule has 2 saturated heterocycles. The molecule has 2 unspecified atom stereocenters. The van der Waals surface area contributed by atoms with E-state index in [1.165, 1.54) is 0 Å². The molecular weight excluding hydrogens is 288 g/mol. The Kier molecular flexibility index (Phi) is 3.78. The lowest BCUT2D eigenvalue weighted by Crippen LogP contribution is -2.36. The lowest BCUT2D eigenvalue weighted by Gasteiger charge is -2.27. The lowest BCUT2D eigenvalue weighted by molar-refractivity contribution is 0.0905. The summed E-state index contributed by atoms with van der Waals surface area (Å²) in [6, 6.07) is 7.19. The molecule has 21 heavy (non-hydrogen) atoms. The summed E-state index contributed by atoms with van der Waals surface area (Å²) in [6.07, 6.45) is 2.40. The van der Waals surface area contributed by atoms with Crippen molar-refractivity contribution in [2.24, 2.45) is 5.92 Å². The van der Waals surface area contributed by atoms with Gasteiger partial charge in [-0.2, -0.15) is 0 Å². The highest BCUT2D eigenvalue weighted by molar-refractivity contribution is 7.93. The average Bonchev–Trinajstić information content (AvgIpc) is 2.67. The van der Waals surface area contributed by atoms with E-state index in [0.29, 0.717) is 30.8 Å². The molecule has 1 aromatic rings. The van der Waals surface area contributed by atoms with Crippen molar-refractivity contribution in [1.29, 1.82) is 0 Å². The molecule has 5 heteroatoms. The average molecular weight is 308 g/mol. The van der Waals surface area contributed by atoms with E-state index in [0.717, 1.165) is 12.8 Å². The van der Waals surface area contributed by atoms with Crippen LogP contribution in [0.25, 0.3) is 0 Å². The molecule has 2 bridgehead atoms. The maximum atomic E-state index is 12.6. The van der Waals surface area contributed by atoms with Gasteiger partial charge in [-0.3, -0.25) is 4.79 Å². The van der Waals surface area contributed by atoms with Gasteiger partial charge in [0.15, 0.2) is 15.6 Å². The van der Waals surface area contributed by atoms with Crippen molar-refractivity contribution in [2.75, 3.05) is 6.61 Å². The fourth-order valence-electron chi connectivity index (χ4n) is 3.56. The molecule has 3 rings (SSSR count). The Hall–Kier alpha value is -1.36. The number of hydrogen-bond acceptors (Lipinski definition) is 4. The second-order valence-electron chi connectivity index (χ2n) is 5.90. The summed E-state index contributed by atoms with van der Waals surface area (Å²) in [5.41, 5.74) is 0.629. The Balaban J connectivity index is 1.79. The first-order chi connectivity index (χ1) is 10.0. The minimum atomic E-state index is -2.97. The molecule has 2 aliphatic heterocycles. The van der Waals surface area contributed by atoms with Crippen molar-refractivity contribution >= 4 is 15.6 Å². The molecule has 2 fully saturated rings. The molecule has 2 atom stereocenters. The molecule has 0 N–H and O–H groups in total. The van der Waals surface area contributed by atoms with Gasteiger partial charge in [0.2, 0.25) is 0 Å². The predicted molar refractivity (Wildman–Crippen MR) is 80.4 cm³/mol. The first-order valence-electron chi connectivity index (χ1n) is 7.52. The van der Waals surface area contributed by atoms with Crippen molar-refractivity contribution in [1.82, 2.24) is 0 Å². The topological polar surface area (TPSA) is 60.4 Å². The van der Waals surface area contributed by atoms with Gasteiger partial charge in [0, 0.05) is 11.5 Å². The summed E-state index contributed by atoms with van der Waals surface area (Å²) < 4.78 is 29.6. The van der Waals surface area contributed by atoms with Crippen LogP contribution in [-0.4, -0.2) is 31.3 Å². The summed E-state index contributed by atoms with van der Waals surface area (Å²) in [6.45, 7) is 2.46. The van der Waals surface area contributed by atoms with E-state index in [9.17, 15) is 13.2 Å². The van der Waals surface area contributed by atoms with E-state index in [-0.39, 0.29) is 22.2 Å². The molecule has 2 heterocycles.